The minimum Gasteiger partial charge on any atom is -0.394 e. The number of ether oxygens (including phenoxy) is 9. The molecule has 0 radical (unpaired) electrons. The van der Waals surface area contributed by atoms with Crippen molar-refractivity contribution in [2.24, 2.45) is 51.8 Å². The summed E-state index contributed by atoms with van der Waals surface area (Å²) in [6, 6.07) is 0. The Morgan fingerprint density at radius 1 is 0.547 bits per heavy atom. The fourth-order valence-electron chi connectivity index (χ4n) is 17.4. The molecule has 0 aromatic heterocycles. The molecule has 28 nitrogen and oxygen atoms in total. The van der Waals surface area contributed by atoms with E-state index in [1.165, 1.54) is 33.3 Å². The van der Waals surface area contributed by atoms with Gasteiger partial charge in [0, 0.05) is 22.2 Å². The highest BCUT2D eigenvalue weighted by atomic mass is 16.7. The molecule has 21 unspecified atom stereocenters. The van der Waals surface area contributed by atoms with Crippen LogP contribution >= 0.6 is 0 Å². The summed E-state index contributed by atoms with van der Waals surface area (Å²) in [6.07, 6.45) is -25.0. The lowest BCUT2D eigenvalue weighted by molar-refractivity contribution is -0.402. The van der Waals surface area contributed by atoms with Crippen LogP contribution in [0.25, 0.3) is 0 Å². The van der Waals surface area contributed by atoms with E-state index in [-0.39, 0.29) is 61.9 Å². The molecule has 0 amide bonds. The third-order valence-corrected chi connectivity index (χ3v) is 24.4. The van der Waals surface area contributed by atoms with E-state index in [1.54, 1.807) is 20.8 Å². The van der Waals surface area contributed by atoms with Gasteiger partial charge in [-0.2, -0.15) is 0 Å². The van der Waals surface area contributed by atoms with Gasteiger partial charge in [0.05, 0.1) is 95.6 Å². The first kappa shape index (κ1) is 79.3. The fraction of sp³-hybridized carbons (Fsp3) is 0.970. The summed E-state index contributed by atoms with van der Waals surface area (Å²) >= 11 is 0. The SMILES string of the molecule is CC(CCC(OC[C@@]1(C)OC(COC[C@@]2(C)OC(CO)[C@H](O)[C@H](O)C2O)[C@H](O)[C@H](O)C1O[C@@]1(C)OC(CO)[C@H](O)[C@H](O)C1O)C(C)(C)O)C(C)C1CC(O)C2(C)C(CC=C3C2CCC(OCC2(C)CC(COCC4(C)OC(CO)[C@@H](O)C(O)[C@@H]4O)[C@@H](O)C(O)[C@@H]2O)C3(C)C)C1. The van der Waals surface area contributed by atoms with Crippen molar-refractivity contribution in [3.63, 3.8) is 0 Å². The van der Waals surface area contributed by atoms with Gasteiger partial charge in [0.15, 0.2) is 5.79 Å². The Morgan fingerprint density at radius 3 is 1.60 bits per heavy atom. The molecule has 0 aromatic carbocycles. The second-order valence-corrected chi connectivity index (χ2v) is 32.2. The molecule has 34 atom stereocenters. The molecule has 4 aliphatic carbocycles. The molecule has 554 valence electrons. The van der Waals surface area contributed by atoms with Gasteiger partial charge in [-0.3, -0.25) is 0 Å². The van der Waals surface area contributed by atoms with Gasteiger partial charge in [0.25, 0.3) is 0 Å². The first-order valence-electron chi connectivity index (χ1n) is 34.3. The van der Waals surface area contributed by atoms with Crippen LogP contribution in [0.2, 0.25) is 0 Å². The zero-order chi connectivity index (χ0) is 70.8. The predicted octanol–water partition coefficient (Wildman–Crippen LogP) is -3.20. The molecule has 8 rings (SSSR count). The minimum atomic E-state index is -2.24. The largest absolute Gasteiger partial charge is 0.394 e. The van der Waals surface area contributed by atoms with Crippen LogP contribution in [0.15, 0.2) is 11.6 Å². The van der Waals surface area contributed by atoms with Gasteiger partial charge in [0.2, 0.25) is 0 Å². The minimum absolute atomic E-state index is 0.0500. The van der Waals surface area contributed by atoms with Gasteiger partial charge in [-0.15, -0.1) is 0 Å². The van der Waals surface area contributed by atoms with E-state index in [1.807, 2.05) is 0 Å². The molecule has 28 heteroatoms. The Labute approximate surface area is 557 Å². The van der Waals surface area contributed by atoms with Crippen LogP contribution in [-0.4, -0.2) is 319 Å². The average Bonchev–Trinajstić information content (AvgIpc) is 0.721. The molecule has 3 saturated carbocycles. The number of allylic oxidation sites excluding steroid dienone is 1. The molecule has 7 fully saturated rings. The van der Waals surface area contributed by atoms with Crippen molar-refractivity contribution < 1.29 is 140 Å². The molecular weight excluding hydrogens is 1250 g/mol. The van der Waals surface area contributed by atoms with Crippen LogP contribution in [0.5, 0.6) is 0 Å². The van der Waals surface area contributed by atoms with Gasteiger partial charge < -0.3 is 140 Å². The number of hydrogen-bond donors (Lipinski definition) is 19. The Morgan fingerprint density at radius 2 is 1.05 bits per heavy atom. The first-order valence-corrected chi connectivity index (χ1v) is 34.3. The molecule has 4 heterocycles. The van der Waals surface area contributed by atoms with E-state index >= 15 is 0 Å². The molecule has 0 bridgehead atoms. The highest BCUT2D eigenvalue weighted by Gasteiger charge is 2.62. The van der Waals surface area contributed by atoms with Crippen LogP contribution < -0.4 is 0 Å². The van der Waals surface area contributed by atoms with Crippen molar-refractivity contribution in [2.75, 3.05) is 59.5 Å². The Hall–Kier alpha value is -1.38. The second kappa shape index (κ2) is 30.1. The number of hydrogen-bond acceptors (Lipinski definition) is 28. The monoisotopic (exact) mass is 1370 g/mol. The molecule has 8 aliphatic rings. The normalized spacial score (nSPS) is 49.8. The predicted molar refractivity (Wildman–Crippen MR) is 334 cm³/mol. The van der Waals surface area contributed by atoms with Crippen LogP contribution in [0.4, 0.5) is 0 Å². The number of aliphatic hydroxyl groups excluding tert-OH is 18. The van der Waals surface area contributed by atoms with E-state index in [2.05, 4.69) is 40.7 Å². The van der Waals surface area contributed by atoms with Crippen LogP contribution in [0, 0.1) is 51.8 Å². The summed E-state index contributed by atoms with van der Waals surface area (Å²) in [5, 5.41) is 208. The van der Waals surface area contributed by atoms with Gasteiger partial charge in [-0.1, -0.05) is 53.2 Å². The van der Waals surface area contributed by atoms with Crippen LogP contribution in [-0.2, 0) is 42.6 Å². The maximum Gasteiger partial charge on any atom is 0.195 e. The lowest BCUT2D eigenvalue weighted by Crippen LogP contribution is -2.72. The van der Waals surface area contributed by atoms with Crippen molar-refractivity contribution in [1.82, 2.24) is 0 Å². The van der Waals surface area contributed by atoms with Gasteiger partial charge in [-0.05, 0) is 122 Å². The van der Waals surface area contributed by atoms with Crippen LogP contribution in [0.3, 0.4) is 0 Å². The number of fused-ring (bicyclic) bond motifs is 3. The summed E-state index contributed by atoms with van der Waals surface area (Å²) in [5.74, 6) is -2.42. The Bertz CT molecular complexity index is 2510. The summed E-state index contributed by atoms with van der Waals surface area (Å²) in [6.45, 7) is 17.6. The lowest BCUT2D eigenvalue weighted by atomic mass is 9.46. The number of aliphatic hydroxyl groups is 19. The van der Waals surface area contributed by atoms with E-state index in [0.717, 1.165) is 19.3 Å². The zero-order valence-electron chi connectivity index (χ0n) is 57.4. The first-order chi connectivity index (χ1) is 44.0. The van der Waals surface area contributed by atoms with Gasteiger partial charge >= 0.3 is 0 Å². The van der Waals surface area contributed by atoms with E-state index in [9.17, 15) is 97.0 Å². The van der Waals surface area contributed by atoms with Crippen LogP contribution in [0.1, 0.15) is 134 Å². The molecule has 19 N–H and O–H groups in total. The summed E-state index contributed by atoms with van der Waals surface area (Å²) in [7, 11) is 0. The van der Waals surface area contributed by atoms with Gasteiger partial charge in [0.1, 0.15) is 121 Å². The average molecular weight is 1370 g/mol. The van der Waals surface area contributed by atoms with Crippen molar-refractivity contribution in [1.29, 1.82) is 0 Å². The molecule has 0 spiro atoms. The van der Waals surface area contributed by atoms with Crippen molar-refractivity contribution in [2.45, 2.75) is 297 Å². The zero-order valence-corrected chi connectivity index (χ0v) is 57.4. The van der Waals surface area contributed by atoms with Gasteiger partial charge in [-0.25, -0.2) is 0 Å². The standard InChI is InChI=1S/C67H118O28/c1-31(13-17-44(61(5,6)86)90-30-65(10)59(95-67(12)58(85)53(80)48(75)40(24-70)94-67)54(81)49(76)41(93-65)26-88-29-64(9)57(84)52(79)47(74)39(23-69)92-64)32(2)33-19-35-14-15-36-37(66(35,11)42(71)20-33)16-18-43(60(36,3)4)89-27-62(7)21-34(45(72)50(77)55(62)82)25-87-28-63(8)56(83)51(78)46(73)38(22-68)91-63/h15,31-35,37-59,68-86H,13-14,16-30H2,1-12H3/t31?,32?,33?,34?,35?,37?,38?,39?,40?,41?,42?,43?,44?,45-,46-,47+,48+,49+,50?,51?,52+,53+,54+,55+,56+,57?,58?,59?,62?,63?,64-,65-,66?,67-/m1/s1. The van der Waals surface area contributed by atoms with Crippen molar-refractivity contribution in [3.8, 4) is 0 Å². The maximum absolute atomic E-state index is 12.5. The van der Waals surface area contributed by atoms with Crippen molar-refractivity contribution >= 4 is 0 Å². The molecular formula is C67H118O28. The summed E-state index contributed by atoms with van der Waals surface area (Å²) in [4.78, 5) is 0. The summed E-state index contributed by atoms with van der Waals surface area (Å²) in [5.41, 5.74) is -7.24. The smallest absolute Gasteiger partial charge is 0.195 e. The molecule has 95 heavy (non-hydrogen) atoms. The quantitative estimate of drug-likeness (QED) is 0.0400. The Balaban J connectivity index is 0.901. The molecule has 4 saturated heterocycles. The maximum atomic E-state index is 12.5. The molecule has 0 aromatic rings. The highest BCUT2D eigenvalue weighted by Crippen LogP contribution is 2.63. The fourth-order valence-corrected chi connectivity index (χ4v) is 17.4. The third-order valence-electron chi connectivity index (χ3n) is 24.4. The topological polar surface area (TPSA) is 467 Å². The third kappa shape index (κ3) is 15.5. The number of rotatable bonds is 25. The second-order valence-electron chi connectivity index (χ2n) is 32.2. The highest BCUT2D eigenvalue weighted by molar-refractivity contribution is 5.29. The van der Waals surface area contributed by atoms with E-state index in [0.29, 0.717) is 25.7 Å². The molecule has 4 aliphatic heterocycles. The van der Waals surface area contributed by atoms with E-state index in [4.69, 9.17) is 42.6 Å². The van der Waals surface area contributed by atoms with Crippen molar-refractivity contribution in [3.05, 3.63) is 11.6 Å². The van der Waals surface area contributed by atoms with E-state index < -0.39 is 218 Å². The Kier molecular flexibility index (Phi) is 25.2. The lowest BCUT2D eigenvalue weighted by Gasteiger charge is -2.60. The summed E-state index contributed by atoms with van der Waals surface area (Å²) < 4.78 is 55.5.